The van der Waals surface area contributed by atoms with E-state index in [4.69, 9.17) is 5.73 Å². The fourth-order valence-corrected chi connectivity index (χ4v) is 1.76. The Hall–Kier alpha value is -2.43. The number of rotatable bonds is 1. The summed E-state index contributed by atoms with van der Waals surface area (Å²) in [5.74, 6) is 0.750. The van der Waals surface area contributed by atoms with Crippen LogP contribution in [0.1, 0.15) is 5.69 Å². The van der Waals surface area contributed by atoms with Crippen molar-refractivity contribution in [3.63, 3.8) is 0 Å². The number of nitrogens with zero attached hydrogens (tertiary/aromatic N) is 4. The predicted octanol–water partition coefficient (Wildman–Crippen LogP) is 1.68. The molecule has 0 fully saturated rings. The smallest absolute Gasteiger partial charge is 0.169 e. The topological polar surface area (TPSA) is 69.1 Å². The van der Waals surface area contributed by atoms with Crippen molar-refractivity contribution < 1.29 is 0 Å². The third-order valence-corrected chi connectivity index (χ3v) is 2.58. The Labute approximate surface area is 97.9 Å². The van der Waals surface area contributed by atoms with Crippen LogP contribution in [0.4, 0.5) is 5.69 Å². The van der Waals surface area contributed by atoms with Crippen molar-refractivity contribution in [3.05, 3.63) is 42.4 Å². The van der Waals surface area contributed by atoms with Crippen LogP contribution in [0.5, 0.6) is 0 Å². The minimum atomic E-state index is 0.708. The fourth-order valence-electron chi connectivity index (χ4n) is 1.76. The van der Waals surface area contributed by atoms with E-state index >= 15 is 0 Å². The van der Waals surface area contributed by atoms with E-state index in [0.717, 1.165) is 22.7 Å². The first-order chi connectivity index (χ1) is 8.24. The van der Waals surface area contributed by atoms with E-state index in [-0.39, 0.29) is 0 Å². The van der Waals surface area contributed by atoms with Crippen LogP contribution >= 0.6 is 0 Å². The van der Waals surface area contributed by atoms with E-state index < -0.39 is 0 Å². The molecular formula is C12H11N5. The second-order valence-electron chi connectivity index (χ2n) is 3.91. The van der Waals surface area contributed by atoms with E-state index in [0.29, 0.717) is 5.69 Å². The Kier molecular flexibility index (Phi) is 2.04. The Morgan fingerprint density at radius 2 is 2.06 bits per heavy atom. The minimum Gasteiger partial charge on any atom is -0.399 e. The molecule has 3 aromatic rings. The van der Waals surface area contributed by atoms with Gasteiger partial charge >= 0.3 is 0 Å². The molecule has 2 aromatic heterocycles. The van der Waals surface area contributed by atoms with Crippen molar-refractivity contribution in [1.29, 1.82) is 0 Å². The molecule has 0 saturated heterocycles. The zero-order valence-electron chi connectivity index (χ0n) is 9.33. The van der Waals surface area contributed by atoms with E-state index in [1.807, 2.05) is 41.7 Å². The van der Waals surface area contributed by atoms with Crippen LogP contribution in [0, 0.1) is 6.92 Å². The molecule has 0 aliphatic rings. The van der Waals surface area contributed by atoms with Gasteiger partial charge in [-0.3, -0.25) is 4.40 Å². The van der Waals surface area contributed by atoms with Crippen molar-refractivity contribution >= 4 is 11.3 Å². The number of aromatic nitrogens is 4. The van der Waals surface area contributed by atoms with Crippen molar-refractivity contribution in [2.45, 2.75) is 6.92 Å². The Morgan fingerprint density at radius 1 is 1.18 bits per heavy atom. The fraction of sp³-hybridized carbons (Fsp3) is 0.0833. The van der Waals surface area contributed by atoms with Gasteiger partial charge in [-0.1, -0.05) is 12.1 Å². The molecule has 2 heterocycles. The van der Waals surface area contributed by atoms with Crippen LogP contribution in [-0.2, 0) is 0 Å². The predicted molar refractivity (Wildman–Crippen MR) is 65.4 cm³/mol. The first-order valence-electron chi connectivity index (χ1n) is 5.27. The number of hydrogen-bond donors (Lipinski definition) is 1. The van der Waals surface area contributed by atoms with Gasteiger partial charge in [-0.2, -0.15) is 0 Å². The summed E-state index contributed by atoms with van der Waals surface area (Å²) in [5.41, 5.74) is 9.11. The molecule has 3 rings (SSSR count). The highest BCUT2D eigenvalue weighted by atomic mass is 15.3. The average Bonchev–Trinajstić information content (AvgIpc) is 2.71. The maximum absolute atomic E-state index is 5.76. The standard InChI is InChI=1S/C12H11N5/c1-8-5-11-15-16-12(17(11)7-14-8)9-3-2-4-10(13)6-9/h2-7H,13H2,1H3. The maximum atomic E-state index is 5.76. The first kappa shape index (κ1) is 9.77. The summed E-state index contributed by atoms with van der Waals surface area (Å²) in [5, 5.41) is 8.28. The third-order valence-electron chi connectivity index (χ3n) is 2.58. The monoisotopic (exact) mass is 225 g/mol. The van der Waals surface area contributed by atoms with Crippen LogP contribution in [-0.4, -0.2) is 19.6 Å². The van der Waals surface area contributed by atoms with E-state index in [1.54, 1.807) is 6.33 Å². The number of aryl methyl sites for hydroxylation is 1. The summed E-state index contributed by atoms with van der Waals surface area (Å²) < 4.78 is 1.85. The van der Waals surface area contributed by atoms with Crippen LogP contribution in [0.25, 0.3) is 17.0 Å². The number of hydrogen-bond acceptors (Lipinski definition) is 4. The van der Waals surface area contributed by atoms with Gasteiger partial charge in [-0.15, -0.1) is 10.2 Å². The highest BCUT2D eigenvalue weighted by Crippen LogP contribution is 2.20. The molecule has 0 spiro atoms. The second-order valence-corrected chi connectivity index (χ2v) is 3.91. The molecule has 17 heavy (non-hydrogen) atoms. The average molecular weight is 225 g/mol. The zero-order chi connectivity index (χ0) is 11.8. The van der Waals surface area contributed by atoms with Gasteiger partial charge in [0.05, 0.1) is 0 Å². The summed E-state index contributed by atoms with van der Waals surface area (Å²) in [4.78, 5) is 4.24. The van der Waals surface area contributed by atoms with E-state index in [1.165, 1.54) is 0 Å². The van der Waals surface area contributed by atoms with E-state index in [2.05, 4.69) is 15.2 Å². The van der Waals surface area contributed by atoms with Crippen molar-refractivity contribution in [3.8, 4) is 11.4 Å². The Morgan fingerprint density at radius 3 is 2.88 bits per heavy atom. The van der Waals surface area contributed by atoms with Crippen molar-refractivity contribution in [1.82, 2.24) is 19.6 Å². The van der Waals surface area contributed by atoms with Gasteiger partial charge in [-0.25, -0.2) is 4.98 Å². The van der Waals surface area contributed by atoms with Crippen molar-refractivity contribution in [2.75, 3.05) is 5.73 Å². The minimum absolute atomic E-state index is 0.708. The SMILES string of the molecule is Cc1cc2nnc(-c3cccc(N)c3)n2cn1. The lowest BCUT2D eigenvalue weighted by Crippen LogP contribution is -1.93. The van der Waals surface area contributed by atoms with Crippen LogP contribution in [0.3, 0.4) is 0 Å². The lowest BCUT2D eigenvalue weighted by molar-refractivity contribution is 1.05. The summed E-state index contributed by atoms with van der Waals surface area (Å²) >= 11 is 0. The molecule has 0 bridgehead atoms. The summed E-state index contributed by atoms with van der Waals surface area (Å²) in [6.07, 6.45) is 1.73. The normalized spacial score (nSPS) is 10.9. The van der Waals surface area contributed by atoms with Gasteiger partial charge in [0.15, 0.2) is 11.5 Å². The largest absolute Gasteiger partial charge is 0.399 e. The summed E-state index contributed by atoms with van der Waals surface area (Å²) in [6.45, 7) is 1.93. The molecule has 0 saturated carbocycles. The Balaban J connectivity index is 2.24. The number of nitrogen functional groups attached to an aromatic ring is 1. The second kappa shape index (κ2) is 3.55. The van der Waals surface area contributed by atoms with Gasteiger partial charge in [-0.05, 0) is 19.1 Å². The molecule has 84 valence electrons. The molecule has 0 atom stereocenters. The summed E-state index contributed by atoms with van der Waals surface area (Å²) in [6, 6.07) is 9.45. The number of fused-ring (bicyclic) bond motifs is 1. The van der Waals surface area contributed by atoms with Crippen LogP contribution in [0.2, 0.25) is 0 Å². The van der Waals surface area contributed by atoms with E-state index in [9.17, 15) is 0 Å². The van der Waals surface area contributed by atoms with Gasteiger partial charge < -0.3 is 5.73 Å². The molecular weight excluding hydrogens is 214 g/mol. The number of benzene rings is 1. The van der Waals surface area contributed by atoms with Gasteiger partial charge in [0.25, 0.3) is 0 Å². The zero-order valence-corrected chi connectivity index (χ0v) is 9.33. The summed E-state index contributed by atoms with van der Waals surface area (Å²) in [7, 11) is 0. The lowest BCUT2D eigenvalue weighted by atomic mass is 10.2. The van der Waals surface area contributed by atoms with Gasteiger partial charge in [0.1, 0.15) is 6.33 Å². The van der Waals surface area contributed by atoms with Gasteiger partial charge in [0, 0.05) is 23.0 Å². The van der Waals surface area contributed by atoms with Gasteiger partial charge in [0.2, 0.25) is 0 Å². The molecule has 5 heteroatoms. The quantitative estimate of drug-likeness (QED) is 0.640. The molecule has 0 amide bonds. The maximum Gasteiger partial charge on any atom is 0.169 e. The highest BCUT2D eigenvalue weighted by molar-refractivity contribution is 5.63. The highest BCUT2D eigenvalue weighted by Gasteiger charge is 2.08. The first-order valence-corrected chi connectivity index (χ1v) is 5.27. The molecule has 0 aliphatic carbocycles. The number of anilines is 1. The molecule has 1 aromatic carbocycles. The Bertz CT molecular complexity index is 686. The molecule has 0 unspecified atom stereocenters. The molecule has 0 radical (unpaired) electrons. The lowest BCUT2D eigenvalue weighted by Gasteiger charge is -2.01. The molecule has 5 nitrogen and oxygen atoms in total. The van der Waals surface area contributed by atoms with Crippen molar-refractivity contribution in [2.24, 2.45) is 0 Å². The molecule has 2 N–H and O–H groups in total. The third kappa shape index (κ3) is 1.61. The number of nitrogens with two attached hydrogens (primary N) is 1. The molecule has 0 aliphatic heterocycles. The van der Waals surface area contributed by atoms with Crippen LogP contribution < -0.4 is 5.73 Å². The van der Waals surface area contributed by atoms with Crippen LogP contribution in [0.15, 0.2) is 36.7 Å².